The van der Waals surface area contributed by atoms with Crippen LogP contribution in [0.15, 0.2) is 60.0 Å². The van der Waals surface area contributed by atoms with E-state index in [4.69, 9.17) is 11.6 Å². The van der Waals surface area contributed by atoms with Crippen LogP contribution in [0.4, 0.5) is 0 Å². The van der Waals surface area contributed by atoms with Crippen LogP contribution in [0.1, 0.15) is 21.5 Å². The number of fused-ring (bicyclic) bond motifs is 2. The molecule has 2 amide bonds. The number of halogens is 2. The van der Waals surface area contributed by atoms with Crippen molar-refractivity contribution in [3.8, 4) is 0 Å². The van der Waals surface area contributed by atoms with E-state index in [9.17, 15) is 9.59 Å². The monoisotopic (exact) mass is 488 g/mol. The Bertz CT molecular complexity index is 1030. The zero-order valence-electron chi connectivity index (χ0n) is 15.4. The number of benzene rings is 2. The van der Waals surface area contributed by atoms with Gasteiger partial charge in [0.15, 0.2) is 0 Å². The first-order chi connectivity index (χ1) is 14.0. The normalized spacial score (nSPS) is 27.9. The summed E-state index contributed by atoms with van der Waals surface area (Å²) in [4.78, 5) is 30.8. The minimum absolute atomic E-state index is 0.0112. The van der Waals surface area contributed by atoms with Gasteiger partial charge in [0.2, 0.25) is 5.91 Å². The molecule has 5 rings (SSSR count). The smallest absolute Gasteiger partial charge is 0.256 e. The molecule has 3 aliphatic rings. The van der Waals surface area contributed by atoms with Crippen LogP contribution in [0.3, 0.4) is 0 Å². The number of hydrogen-bond donors (Lipinski definition) is 0. The molecule has 29 heavy (non-hydrogen) atoms. The topological polar surface area (TPSA) is 40.6 Å². The van der Waals surface area contributed by atoms with Gasteiger partial charge in [0.25, 0.3) is 5.91 Å². The van der Waals surface area contributed by atoms with E-state index in [0.29, 0.717) is 24.5 Å². The molecule has 1 fully saturated rings. The third kappa shape index (κ3) is 2.87. The molecule has 0 N–H and O–H groups in total. The molecule has 0 aromatic heterocycles. The van der Waals surface area contributed by atoms with E-state index in [1.54, 1.807) is 0 Å². The van der Waals surface area contributed by atoms with Crippen LogP contribution in [-0.2, 0) is 16.9 Å². The van der Waals surface area contributed by atoms with Gasteiger partial charge in [-0.05, 0) is 34.7 Å². The summed E-state index contributed by atoms with van der Waals surface area (Å²) in [5.74, 6) is 0.0243. The molecule has 148 valence electrons. The molecule has 0 bridgehead atoms. The molecule has 2 aromatic carbocycles. The van der Waals surface area contributed by atoms with Crippen molar-refractivity contribution < 1.29 is 9.59 Å². The molecule has 0 spiro atoms. The number of nitrogens with zero attached hydrogens (tertiary/aromatic N) is 2. The maximum absolute atomic E-state index is 13.6. The number of hydrogen-bond acceptors (Lipinski definition) is 3. The van der Waals surface area contributed by atoms with Crippen LogP contribution >= 0.6 is 39.3 Å². The number of alkyl halides is 1. The minimum Gasteiger partial charge on any atom is -0.312 e. The van der Waals surface area contributed by atoms with Gasteiger partial charge < -0.3 is 9.80 Å². The summed E-state index contributed by atoms with van der Waals surface area (Å²) in [6.45, 7) is 1.03. The molecule has 0 saturated carbocycles. The van der Waals surface area contributed by atoms with Gasteiger partial charge >= 0.3 is 0 Å². The molecule has 3 atom stereocenters. The summed E-state index contributed by atoms with van der Waals surface area (Å²) in [5.41, 5.74) is 1.78. The molecule has 7 heteroatoms. The first-order valence-corrected chi connectivity index (χ1v) is 11.7. The Kier molecular flexibility index (Phi) is 4.76. The Labute approximate surface area is 187 Å². The molecule has 2 aromatic rings. The summed E-state index contributed by atoms with van der Waals surface area (Å²) in [6, 6.07) is 15.2. The lowest BCUT2D eigenvalue weighted by Gasteiger charge is -2.48. The lowest BCUT2D eigenvalue weighted by atomic mass is 9.83. The second kappa shape index (κ2) is 7.18. The molecular weight excluding hydrogens is 472 g/mol. The summed E-state index contributed by atoms with van der Waals surface area (Å²) in [5, 5.41) is 2.36. The highest BCUT2D eigenvalue weighted by Gasteiger charge is 2.56. The molecule has 3 unspecified atom stereocenters. The summed E-state index contributed by atoms with van der Waals surface area (Å²) in [7, 11) is 0. The maximum Gasteiger partial charge on any atom is 0.256 e. The van der Waals surface area contributed by atoms with Gasteiger partial charge in [0.05, 0.1) is 4.83 Å². The van der Waals surface area contributed by atoms with Crippen LogP contribution in [0.25, 0.3) is 0 Å². The van der Waals surface area contributed by atoms with Gasteiger partial charge in [-0.2, -0.15) is 0 Å². The third-order valence-electron chi connectivity index (χ3n) is 5.96. The van der Waals surface area contributed by atoms with Crippen molar-refractivity contribution in [3.63, 3.8) is 0 Å². The highest BCUT2D eigenvalue weighted by atomic mass is 79.9. The average molecular weight is 490 g/mol. The second-order valence-corrected chi connectivity index (χ2v) is 9.98. The molecule has 4 nitrogen and oxygen atoms in total. The molecular formula is C22H18BrClN2O2S. The van der Waals surface area contributed by atoms with E-state index >= 15 is 0 Å². The van der Waals surface area contributed by atoms with Crippen molar-refractivity contribution in [1.29, 1.82) is 0 Å². The highest BCUT2D eigenvalue weighted by Crippen LogP contribution is 2.46. The van der Waals surface area contributed by atoms with Gasteiger partial charge in [0.1, 0.15) is 10.9 Å². The molecule has 3 aliphatic heterocycles. The largest absolute Gasteiger partial charge is 0.312 e. The fraction of sp³-hybridized carbons (Fsp3) is 0.273. The Morgan fingerprint density at radius 2 is 1.90 bits per heavy atom. The fourth-order valence-electron chi connectivity index (χ4n) is 4.62. The number of rotatable bonds is 2. The van der Waals surface area contributed by atoms with Crippen molar-refractivity contribution in [2.24, 2.45) is 0 Å². The zero-order chi connectivity index (χ0) is 20.2. The number of amides is 2. The maximum atomic E-state index is 13.6. The van der Waals surface area contributed by atoms with E-state index < -0.39 is 5.66 Å². The fourth-order valence-corrected chi connectivity index (χ4v) is 6.62. The van der Waals surface area contributed by atoms with Crippen molar-refractivity contribution in [2.75, 3.05) is 13.1 Å². The van der Waals surface area contributed by atoms with E-state index in [1.807, 2.05) is 69.8 Å². The third-order valence-corrected chi connectivity index (χ3v) is 8.50. The van der Waals surface area contributed by atoms with E-state index in [0.717, 1.165) is 16.7 Å². The van der Waals surface area contributed by atoms with Crippen molar-refractivity contribution >= 4 is 51.1 Å². The summed E-state index contributed by atoms with van der Waals surface area (Å²) >= 11 is 11.3. The SMILES string of the molecule is O=C1c2ccccc2CC2(c3ccc(Cl)cc3)N1CCN2C(=O)C1SC=CC1Br. The zero-order valence-corrected chi connectivity index (χ0v) is 18.6. The Morgan fingerprint density at radius 1 is 1.14 bits per heavy atom. The van der Waals surface area contributed by atoms with E-state index in [-0.39, 0.29) is 21.9 Å². The van der Waals surface area contributed by atoms with Gasteiger partial charge in [-0.15, -0.1) is 11.8 Å². The lowest BCUT2D eigenvalue weighted by molar-refractivity contribution is -0.138. The van der Waals surface area contributed by atoms with Crippen LogP contribution in [0, 0.1) is 0 Å². The number of thioether (sulfide) groups is 1. The average Bonchev–Trinajstić information content (AvgIpc) is 3.33. The highest BCUT2D eigenvalue weighted by molar-refractivity contribution is 9.09. The standard InChI is InChI=1S/C22H18BrClN2O2S/c23-18-9-12-29-19(18)21(28)26-11-10-25-20(27)17-4-2-1-3-14(17)13-22(25,26)15-5-7-16(24)8-6-15/h1-9,12,18-19H,10-11,13H2. The lowest BCUT2D eigenvalue weighted by Crippen LogP contribution is -2.60. The number of allylic oxidation sites excluding steroid dienone is 1. The predicted molar refractivity (Wildman–Crippen MR) is 119 cm³/mol. The van der Waals surface area contributed by atoms with E-state index in [1.165, 1.54) is 11.8 Å². The van der Waals surface area contributed by atoms with Gasteiger partial charge in [0, 0.05) is 30.1 Å². The molecule has 0 aliphatic carbocycles. The van der Waals surface area contributed by atoms with Crippen LogP contribution in [0.5, 0.6) is 0 Å². The van der Waals surface area contributed by atoms with Crippen LogP contribution < -0.4 is 0 Å². The first-order valence-electron chi connectivity index (χ1n) is 9.46. The van der Waals surface area contributed by atoms with Gasteiger partial charge in [-0.3, -0.25) is 9.59 Å². The molecule has 0 radical (unpaired) electrons. The van der Waals surface area contributed by atoms with Crippen LogP contribution in [0.2, 0.25) is 5.02 Å². The van der Waals surface area contributed by atoms with Crippen molar-refractivity contribution in [2.45, 2.75) is 22.2 Å². The Morgan fingerprint density at radius 3 is 2.62 bits per heavy atom. The summed E-state index contributed by atoms with van der Waals surface area (Å²) in [6.07, 6.45) is 2.57. The van der Waals surface area contributed by atoms with E-state index in [2.05, 4.69) is 15.9 Å². The quantitative estimate of drug-likeness (QED) is 0.586. The second-order valence-electron chi connectivity index (χ2n) is 7.43. The van der Waals surface area contributed by atoms with Crippen LogP contribution in [-0.4, -0.2) is 44.8 Å². The van der Waals surface area contributed by atoms with Crippen molar-refractivity contribution in [1.82, 2.24) is 9.80 Å². The number of carbonyl (C=O) groups is 2. The predicted octanol–water partition coefficient (Wildman–Crippen LogP) is 4.43. The molecule has 3 heterocycles. The molecule has 1 saturated heterocycles. The Hall–Kier alpha value is -1.76. The van der Waals surface area contributed by atoms with Crippen molar-refractivity contribution in [3.05, 3.63) is 81.7 Å². The minimum atomic E-state index is -0.830. The van der Waals surface area contributed by atoms with Gasteiger partial charge in [-0.1, -0.05) is 63.9 Å². The number of carbonyl (C=O) groups excluding carboxylic acids is 2. The first kappa shape index (κ1) is 19.2. The van der Waals surface area contributed by atoms with Gasteiger partial charge in [-0.25, -0.2) is 0 Å². The summed E-state index contributed by atoms with van der Waals surface area (Å²) < 4.78 is 0. The Balaban J connectivity index is 1.66.